The summed E-state index contributed by atoms with van der Waals surface area (Å²) in [6.45, 7) is -0.287. The van der Waals surface area contributed by atoms with Crippen LogP contribution in [-0.2, 0) is 14.8 Å². The topological polar surface area (TPSA) is 127 Å². The van der Waals surface area contributed by atoms with Gasteiger partial charge in [-0.2, -0.15) is 0 Å². The molecule has 0 atom stereocenters. The van der Waals surface area contributed by atoms with Gasteiger partial charge in [0.1, 0.15) is 5.82 Å². The minimum absolute atomic E-state index is 0.249. The van der Waals surface area contributed by atoms with E-state index < -0.39 is 43.2 Å². The predicted octanol–water partition coefficient (Wildman–Crippen LogP) is 0.331. The van der Waals surface area contributed by atoms with Crippen molar-refractivity contribution in [1.29, 1.82) is 0 Å². The van der Waals surface area contributed by atoms with Crippen LogP contribution in [0.3, 0.4) is 0 Å². The fraction of sp³-hybridized carbons (Fsp3) is 0.200. The van der Waals surface area contributed by atoms with Crippen molar-refractivity contribution in [2.75, 3.05) is 6.54 Å². The Morgan fingerprint density at radius 1 is 1.40 bits per heavy atom. The predicted molar refractivity (Wildman–Crippen MR) is 67.4 cm³/mol. The molecule has 0 spiro atoms. The minimum atomic E-state index is -4.17. The van der Waals surface area contributed by atoms with E-state index in [1.807, 2.05) is 4.72 Å². The Morgan fingerprint density at radius 3 is 2.50 bits per heavy atom. The molecule has 1 aromatic rings. The Morgan fingerprint density at radius 2 is 2.00 bits per heavy atom. The van der Waals surface area contributed by atoms with E-state index in [2.05, 4.69) is 0 Å². The van der Waals surface area contributed by atoms with Crippen LogP contribution in [0.25, 0.3) is 0 Å². The van der Waals surface area contributed by atoms with Gasteiger partial charge in [0.05, 0.1) is 15.5 Å². The number of halogens is 2. The standard InChI is InChI=1S/C10H10ClFN2O5S/c11-9-6(10(16)17)3-5(4-7(9)12)20(18,19)14-2-1-8(13)15/h3-4,14H,1-2H2,(H2,13,15)(H,16,17). The number of carboxylic acids is 1. The van der Waals surface area contributed by atoms with Gasteiger partial charge in [0.2, 0.25) is 15.9 Å². The highest BCUT2D eigenvalue weighted by molar-refractivity contribution is 7.89. The van der Waals surface area contributed by atoms with Gasteiger partial charge in [-0.15, -0.1) is 0 Å². The van der Waals surface area contributed by atoms with E-state index >= 15 is 0 Å². The molecule has 0 bridgehead atoms. The van der Waals surface area contributed by atoms with Crippen LogP contribution in [0.2, 0.25) is 5.02 Å². The molecular weight excluding hydrogens is 315 g/mol. The van der Waals surface area contributed by atoms with E-state index in [0.29, 0.717) is 6.07 Å². The van der Waals surface area contributed by atoms with Gasteiger partial charge in [-0.05, 0) is 12.1 Å². The van der Waals surface area contributed by atoms with Crippen molar-refractivity contribution in [1.82, 2.24) is 4.72 Å². The summed E-state index contributed by atoms with van der Waals surface area (Å²) in [6, 6.07) is 1.31. The molecule has 7 nitrogen and oxygen atoms in total. The van der Waals surface area contributed by atoms with E-state index in [-0.39, 0.29) is 13.0 Å². The van der Waals surface area contributed by atoms with Crippen LogP contribution in [0.4, 0.5) is 4.39 Å². The lowest BCUT2D eigenvalue weighted by molar-refractivity contribution is -0.117. The minimum Gasteiger partial charge on any atom is -0.478 e. The van der Waals surface area contributed by atoms with E-state index in [9.17, 15) is 22.4 Å². The third kappa shape index (κ3) is 3.89. The van der Waals surface area contributed by atoms with Crippen molar-refractivity contribution in [3.63, 3.8) is 0 Å². The summed E-state index contributed by atoms with van der Waals surface area (Å²) in [6.07, 6.45) is -0.249. The van der Waals surface area contributed by atoms with Crippen LogP contribution in [0, 0.1) is 5.82 Å². The summed E-state index contributed by atoms with van der Waals surface area (Å²) < 4.78 is 39.0. The Kier molecular flexibility index (Phi) is 5.03. The lowest BCUT2D eigenvalue weighted by Gasteiger charge is -2.08. The molecule has 0 fully saturated rings. The number of carboxylic acid groups (broad SMARTS) is 1. The number of carbonyl (C=O) groups is 2. The Balaban J connectivity index is 3.13. The third-order valence-corrected chi connectivity index (χ3v) is 4.03. The first-order chi connectivity index (χ1) is 9.15. The molecule has 1 aromatic carbocycles. The highest BCUT2D eigenvalue weighted by Gasteiger charge is 2.21. The number of sulfonamides is 1. The number of amides is 1. The van der Waals surface area contributed by atoms with Crippen LogP contribution in [-0.4, -0.2) is 31.9 Å². The Bertz CT molecular complexity index is 662. The Labute approximate surface area is 118 Å². The SMILES string of the molecule is NC(=O)CCNS(=O)(=O)c1cc(F)c(Cl)c(C(=O)O)c1. The molecule has 10 heteroatoms. The van der Waals surface area contributed by atoms with E-state index in [1.165, 1.54) is 0 Å². The van der Waals surface area contributed by atoms with Crippen molar-refractivity contribution < 1.29 is 27.5 Å². The quantitative estimate of drug-likeness (QED) is 0.695. The average Bonchev–Trinajstić information content (AvgIpc) is 2.31. The van der Waals surface area contributed by atoms with Gasteiger partial charge in [0.25, 0.3) is 0 Å². The molecule has 0 heterocycles. The van der Waals surface area contributed by atoms with Crippen molar-refractivity contribution >= 4 is 33.5 Å². The highest BCUT2D eigenvalue weighted by atomic mass is 35.5. The van der Waals surface area contributed by atoms with Crippen molar-refractivity contribution in [2.24, 2.45) is 5.73 Å². The fourth-order valence-corrected chi connectivity index (χ4v) is 2.53. The van der Waals surface area contributed by atoms with E-state index in [1.54, 1.807) is 0 Å². The number of hydrogen-bond donors (Lipinski definition) is 3. The maximum Gasteiger partial charge on any atom is 0.337 e. The fourth-order valence-electron chi connectivity index (χ4n) is 1.27. The first-order valence-corrected chi connectivity index (χ1v) is 7.01. The molecule has 1 amide bonds. The number of benzene rings is 1. The van der Waals surface area contributed by atoms with Gasteiger partial charge in [-0.1, -0.05) is 11.6 Å². The molecule has 20 heavy (non-hydrogen) atoms. The van der Waals surface area contributed by atoms with Gasteiger partial charge in [-0.3, -0.25) is 4.79 Å². The summed E-state index contributed by atoms with van der Waals surface area (Å²) in [5.74, 6) is -3.47. The number of rotatable bonds is 6. The molecule has 0 aliphatic rings. The normalized spacial score (nSPS) is 11.3. The molecule has 0 aromatic heterocycles. The first kappa shape index (κ1) is 16.3. The van der Waals surface area contributed by atoms with Crippen LogP contribution in [0.5, 0.6) is 0 Å². The molecule has 0 aliphatic carbocycles. The van der Waals surface area contributed by atoms with Gasteiger partial charge in [0, 0.05) is 13.0 Å². The molecule has 0 radical (unpaired) electrons. The van der Waals surface area contributed by atoms with Crippen molar-refractivity contribution in [2.45, 2.75) is 11.3 Å². The third-order valence-electron chi connectivity index (χ3n) is 2.21. The molecule has 0 unspecified atom stereocenters. The summed E-state index contributed by atoms with van der Waals surface area (Å²) >= 11 is 5.42. The van der Waals surface area contributed by atoms with Crippen molar-refractivity contribution in [3.05, 3.63) is 28.5 Å². The number of aromatic carboxylic acids is 1. The number of hydrogen-bond acceptors (Lipinski definition) is 4. The van der Waals surface area contributed by atoms with Crippen molar-refractivity contribution in [3.8, 4) is 0 Å². The van der Waals surface area contributed by atoms with Gasteiger partial charge < -0.3 is 10.8 Å². The molecule has 0 saturated carbocycles. The molecular formula is C10H10ClFN2O5S. The second kappa shape index (κ2) is 6.16. The zero-order valence-corrected chi connectivity index (χ0v) is 11.5. The maximum absolute atomic E-state index is 13.4. The zero-order chi connectivity index (χ0) is 15.5. The molecule has 0 saturated heterocycles. The number of nitrogens with two attached hydrogens (primary N) is 1. The summed E-state index contributed by atoms with van der Waals surface area (Å²) in [5, 5.41) is 8.12. The lowest BCUT2D eigenvalue weighted by Crippen LogP contribution is -2.28. The average molecular weight is 325 g/mol. The van der Waals surface area contributed by atoms with Gasteiger partial charge >= 0.3 is 5.97 Å². The van der Waals surface area contributed by atoms with E-state index in [0.717, 1.165) is 6.07 Å². The van der Waals surface area contributed by atoms with Gasteiger partial charge in [0.15, 0.2) is 0 Å². The van der Waals surface area contributed by atoms with Crippen LogP contribution < -0.4 is 10.5 Å². The summed E-state index contributed by atoms with van der Waals surface area (Å²) in [7, 11) is -4.17. The van der Waals surface area contributed by atoms with Crippen LogP contribution >= 0.6 is 11.6 Å². The number of carbonyl (C=O) groups excluding carboxylic acids is 1. The molecule has 1 rings (SSSR count). The monoisotopic (exact) mass is 324 g/mol. The highest BCUT2D eigenvalue weighted by Crippen LogP contribution is 2.24. The maximum atomic E-state index is 13.4. The molecule has 4 N–H and O–H groups in total. The summed E-state index contributed by atoms with van der Waals surface area (Å²) in [4.78, 5) is 20.7. The number of primary amides is 1. The number of nitrogens with one attached hydrogen (secondary N) is 1. The van der Waals surface area contributed by atoms with Crippen LogP contribution in [0.1, 0.15) is 16.8 Å². The largest absolute Gasteiger partial charge is 0.478 e. The first-order valence-electron chi connectivity index (χ1n) is 5.15. The summed E-state index contributed by atoms with van der Waals surface area (Å²) in [5.41, 5.74) is 4.16. The van der Waals surface area contributed by atoms with E-state index in [4.69, 9.17) is 22.4 Å². The van der Waals surface area contributed by atoms with Gasteiger partial charge in [-0.25, -0.2) is 22.3 Å². The van der Waals surface area contributed by atoms with Crippen LogP contribution in [0.15, 0.2) is 17.0 Å². The smallest absolute Gasteiger partial charge is 0.337 e. The Hall–Kier alpha value is -1.71. The molecule has 0 aliphatic heterocycles. The lowest BCUT2D eigenvalue weighted by atomic mass is 10.2. The molecule has 110 valence electrons. The second-order valence-corrected chi connectivity index (χ2v) is 5.83. The second-order valence-electron chi connectivity index (χ2n) is 3.69. The zero-order valence-electron chi connectivity index (χ0n) is 9.89.